The van der Waals surface area contributed by atoms with Crippen LogP contribution in [-0.2, 0) is 0 Å². The summed E-state index contributed by atoms with van der Waals surface area (Å²) in [5.41, 5.74) is 1.46. The van der Waals surface area contributed by atoms with E-state index in [1.54, 1.807) is 26.0 Å². The second kappa shape index (κ2) is 3.63. The normalized spacial score (nSPS) is 9.58. The first-order chi connectivity index (χ1) is 5.59. The zero-order valence-electron chi connectivity index (χ0n) is 7.02. The Labute approximate surface area is 76.6 Å². The summed E-state index contributed by atoms with van der Waals surface area (Å²) in [7, 11) is 0. The van der Waals surface area contributed by atoms with Crippen LogP contribution in [0.15, 0.2) is 18.2 Å². The quantitative estimate of drug-likeness (QED) is 0.672. The molecule has 3 heteroatoms. The van der Waals surface area contributed by atoms with E-state index in [0.717, 1.165) is 5.69 Å². The number of aryl methyl sites for hydroxylation is 1. The Hall–Kier alpha value is -0.960. The average molecular weight is 183 g/mol. The van der Waals surface area contributed by atoms with Crippen molar-refractivity contribution in [3.8, 4) is 0 Å². The van der Waals surface area contributed by atoms with Crippen LogP contribution < -0.4 is 5.32 Å². The van der Waals surface area contributed by atoms with Gasteiger partial charge in [0.25, 0.3) is 0 Å². The van der Waals surface area contributed by atoms with Crippen LogP contribution >= 0.6 is 12.2 Å². The van der Waals surface area contributed by atoms with Crippen LogP contribution in [0.5, 0.6) is 0 Å². The predicted octanol–water partition coefficient (Wildman–Crippen LogP) is 2.89. The average Bonchev–Trinajstić information content (AvgIpc) is 1.96. The third-order valence-electron chi connectivity index (χ3n) is 1.48. The van der Waals surface area contributed by atoms with Crippen molar-refractivity contribution in [2.24, 2.45) is 0 Å². The van der Waals surface area contributed by atoms with E-state index in [2.05, 4.69) is 5.32 Å². The SMILES string of the molecule is CC(=S)Nc1ccc(F)c(C)c1. The van der Waals surface area contributed by atoms with Crippen molar-refractivity contribution in [3.63, 3.8) is 0 Å². The molecule has 1 aromatic carbocycles. The van der Waals surface area contributed by atoms with Crippen LogP contribution in [0, 0.1) is 12.7 Å². The van der Waals surface area contributed by atoms with Crippen LogP contribution in [0.25, 0.3) is 0 Å². The summed E-state index contributed by atoms with van der Waals surface area (Å²) in [5, 5.41) is 2.94. The second-order valence-electron chi connectivity index (χ2n) is 2.65. The van der Waals surface area contributed by atoms with Crippen molar-refractivity contribution in [1.29, 1.82) is 0 Å². The predicted molar refractivity (Wildman–Crippen MR) is 53.0 cm³/mol. The molecule has 0 atom stereocenters. The Morgan fingerprint density at radius 2 is 2.17 bits per heavy atom. The minimum absolute atomic E-state index is 0.192. The fourth-order valence-electron chi connectivity index (χ4n) is 0.926. The lowest BCUT2D eigenvalue weighted by atomic mass is 10.2. The van der Waals surface area contributed by atoms with Gasteiger partial charge in [-0.25, -0.2) is 4.39 Å². The van der Waals surface area contributed by atoms with Gasteiger partial charge in [-0.1, -0.05) is 12.2 Å². The minimum Gasteiger partial charge on any atom is -0.350 e. The highest BCUT2D eigenvalue weighted by atomic mass is 32.1. The Morgan fingerprint density at radius 1 is 1.50 bits per heavy atom. The summed E-state index contributed by atoms with van der Waals surface area (Å²) in [6.07, 6.45) is 0. The molecule has 0 bridgehead atoms. The lowest BCUT2D eigenvalue weighted by molar-refractivity contribution is 0.619. The number of hydrogen-bond acceptors (Lipinski definition) is 1. The number of rotatable bonds is 1. The molecule has 0 heterocycles. The van der Waals surface area contributed by atoms with Crippen molar-refractivity contribution < 1.29 is 4.39 Å². The van der Waals surface area contributed by atoms with Crippen LogP contribution in [-0.4, -0.2) is 4.99 Å². The van der Waals surface area contributed by atoms with Crippen LogP contribution in [0.3, 0.4) is 0 Å². The highest BCUT2D eigenvalue weighted by Gasteiger charge is 1.97. The second-order valence-corrected chi connectivity index (χ2v) is 3.26. The van der Waals surface area contributed by atoms with Gasteiger partial charge in [0.05, 0.1) is 4.99 Å². The molecule has 0 amide bonds. The Balaban J connectivity index is 2.89. The molecule has 0 aromatic heterocycles. The van der Waals surface area contributed by atoms with Gasteiger partial charge in [-0.05, 0) is 37.6 Å². The highest BCUT2D eigenvalue weighted by Crippen LogP contribution is 2.13. The molecule has 0 aliphatic rings. The van der Waals surface area contributed by atoms with Crippen molar-refractivity contribution in [2.45, 2.75) is 13.8 Å². The first-order valence-corrected chi connectivity index (χ1v) is 4.04. The van der Waals surface area contributed by atoms with E-state index in [1.165, 1.54) is 6.07 Å². The third-order valence-corrected chi connectivity index (χ3v) is 1.58. The van der Waals surface area contributed by atoms with Gasteiger partial charge in [-0.2, -0.15) is 0 Å². The zero-order valence-corrected chi connectivity index (χ0v) is 7.83. The van der Waals surface area contributed by atoms with Gasteiger partial charge in [0.2, 0.25) is 0 Å². The molecule has 0 aliphatic carbocycles. The molecule has 64 valence electrons. The van der Waals surface area contributed by atoms with Gasteiger partial charge in [0.15, 0.2) is 0 Å². The number of halogens is 1. The molecule has 0 saturated heterocycles. The summed E-state index contributed by atoms with van der Waals surface area (Å²) in [4.78, 5) is 0.681. The van der Waals surface area contributed by atoms with E-state index in [0.29, 0.717) is 10.6 Å². The highest BCUT2D eigenvalue weighted by molar-refractivity contribution is 7.80. The molecular formula is C9H10FNS. The van der Waals surface area contributed by atoms with E-state index < -0.39 is 0 Å². The Morgan fingerprint density at radius 3 is 2.67 bits per heavy atom. The fraction of sp³-hybridized carbons (Fsp3) is 0.222. The lowest BCUT2D eigenvalue weighted by Crippen LogP contribution is -2.03. The van der Waals surface area contributed by atoms with Crippen molar-refractivity contribution in [2.75, 3.05) is 5.32 Å². The topological polar surface area (TPSA) is 12.0 Å². The Bertz CT molecular complexity index is 309. The summed E-state index contributed by atoms with van der Waals surface area (Å²) in [5.74, 6) is -0.192. The van der Waals surface area contributed by atoms with Gasteiger partial charge in [0.1, 0.15) is 5.82 Å². The number of nitrogens with one attached hydrogen (secondary N) is 1. The van der Waals surface area contributed by atoms with Gasteiger partial charge >= 0.3 is 0 Å². The van der Waals surface area contributed by atoms with E-state index in [9.17, 15) is 4.39 Å². The maximum absolute atomic E-state index is 12.8. The summed E-state index contributed by atoms with van der Waals surface area (Å²) in [6, 6.07) is 4.82. The molecule has 0 radical (unpaired) electrons. The zero-order chi connectivity index (χ0) is 9.14. The number of anilines is 1. The van der Waals surface area contributed by atoms with E-state index in [1.807, 2.05) is 0 Å². The van der Waals surface area contributed by atoms with Crippen molar-refractivity contribution in [1.82, 2.24) is 0 Å². The molecule has 1 nitrogen and oxygen atoms in total. The maximum atomic E-state index is 12.8. The number of thiocarbonyl (C=S) groups is 1. The van der Waals surface area contributed by atoms with Gasteiger partial charge in [-0.15, -0.1) is 0 Å². The first kappa shape index (κ1) is 9.13. The molecule has 1 rings (SSSR count). The molecule has 1 aromatic rings. The van der Waals surface area contributed by atoms with Gasteiger partial charge < -0.3 is 5.32 Å². The van der Waals surface area contributed by atoms with Crippen LogP contribution in [0.4, 0.5) is 10.1 Å². The standard InChI is InChI=1S/C9H10FNS/c1-6-5-8(11-7(2)12)3-4-9(6)10/h3-5H,1-2H3,(H,11,12). The largest absolute Gasteiger partial charge is 0.350 e. The Kier molecular flexibility index (Phi) is 2.76. The van der Waals surface area contributed by atoms with Gasteiger partial charge in [0, 0.05) is 5.69 Å². The summed E-state index contributed by atoms with van der Waals surface area (Å²) >= 11 is 4.85. The number of benzene rings is 1. The maximum Gasteiger partial charge on any atom is 0.126 e. The summed E-state index contributed by atoms with van der Waals surface area (Å²) in [6.45, 7) is 3.51. The minimum atomic E-state index is -0.192. The molecule has 12 heavy (non-hydrogen) atoms. The van der Waals surface area contributed by atoms with E-state index in [-0.39, 0.29) is 5.82 Å². The molecule has 0 spiro atoms. The molecule has 0 fully saturated rings. The van der Waals surface area contributed by atoms with E-state index >= 15 is 0 Å². The smallest absolute Gasteiger partial charge is 0.126 e. The van der Waals surface area contributed by atoms with E-state index in [4.69, 9.17) is 12.2 Å². The van der Waals surface area contributed by atoms with Crippen molar-refractivity contribution >= 4 is 22.9 Å². The monoisotopic (exact) mass is 183 g/mol. The molecular weight excluding hydrogens is 173 g/mol. The fourth-order valence-corrected chi connectivity index (χ4v) is 1.04. The lowest BCUT2D eigenvalue weighted by Gasteiger charge is -2.04. The van der Waals surface area contributed by atoms with Gasteiger partial charge in [-0.3, -0.25) is 0 Å². The number of hydrogen-bond donors (Lipinski definition) is 1. The first-order valence-electron chi connectivity index (χ1n) is 3.63. The van der Waals surface area contributed by atoms with Crippen LogP contribution in [0.2, 0.25) is 0 Å². The molecule has 0 unspecified atom stereocenters. The molecule has 0 saturated carbocycles. The summed E-state index contributed by atoms with van der Waals surface area (Å²) < 4.78 is 12.8. The van der Waals surface area contributed by atoms with Crippen LogP contribution in [0.1, 0.15) is 12.5 Å². The third kappa shape index (κ3) is 2.27. The van der Waals surface area contributed by atoms with Crippen molar-refractivity contribution in [3.05, 3.63) is 29.6 Å². The molecule has 0 aliphatic heterocycles. The molecule has 1 N–H and O–H groups in total.